The number of nitrogens with zero attached hydrogens (tertiary/aromatic N) is 3. The van der Waals surface area contributed by atoms with Gasteiger partial charge in [0.2, 0.25) is 0 Å². The Morgan fingerprint density at radius 3 is 2.60 bits per heavy atom. The summed E-state index contributed by atoms with van der Waals surface area (Å²) in [5.41, 5.74) is 0. The number of nitriles is 1. The minimum atomic E-state index is 0.576. The van der Waals surface area contributed by atoms with Crippen LogP contribution in [0.15, 0.2) is 17.5 Å². The minimum Gasteiger partial charge on any atom is -0.296 e. The summed E-state index contributed by atoms with van der Waals surface area (Å²) >= 11 is 1.82. The van der Waals surface area contributed by atoms with Crippen LogP contribution in [0, 0.1) is 11.3 Å². The lowest BCUT2D eigenvalue weighted by Crippen LogP contribution is -2.45. The third kappa shape index (κ3) is 3.03. The summed E-state index contributed by atoms with van der Waals surface area (Å²) in [4.78, 5) is 6.11. The molecule has 3 nitrogen and oxygen atoms in total. The fourth-order valence-electron chi connectivity index (χ4n) is 1.83. The highest BCUT2D eigenvalue weighted by molar-refractivity contribution is 7.09. The SMILES string of the molecule is N#CCN1CCN(Cc2cccs2)CC1. The molecule has 0 spiro atoms. The van der Waals surface area contributed by atoms with E-state index in [-0.39, 0.29) is 0 Å². The topological polar surface area (TPSA) is 30.3 Å². The predicted molar refractivity (Wildman–Crippen MR) is 61.6 cm³/mol. The monoisotopic (exact) mass is 221 g/mol. The summed E-state index contributed by atoms with van der Waals surface area (Å²) in [6.45, 7) is 5.86. The van der Waals surface area contributed by atoms with E-state index in [2.05, 4.69) is 33.4 Å². The highest BCUT2D eigenvalue weighted by Crippen LogP contribution is 2.13. The molecule has 0 saturated carbocycles. The van der Waals surface area contributed by atoms with Crippen molar-refractivity contribution < 1.29 is 0 Å². The zero-order valence-corrected chi connectivity index (χ0v) is 9.54. The van der Waals surface area contributed by atoms with E-state index < -0.39 is 0 Å². The minimum absolute atomic E-state index is 0.576. The third-order valence-corrected chi connectivity index (χ3v) is 3.58. The van der Waals surface area contributed by atoms with Gasteiger partial charge in [-0.15, -0.1) is 11.3 Å². The summed E-state index contributed by atoms with van der Waals surface area (Å²) in [6.07, 6.45) is 0. The number of thiophene rings is 1. The van der Waals surface area contributed by atoms with Gasteiger partial charge in [0.25, 0.3) is 0 Å². The Labute approximate surface area is 94.5 Å². The highest BCUT2D eigenvalue weighted by atomic mass is 32.1. The van der Waals surface area contributed by atoms with E-state index in [0.29, 0.717) is 6.54 Å². The molecule has 0 atom stereocenters. The Bertz CT molecular complexity index is 320. The zero-order valence-electron chi connectivity index (χ0n) is 8.72. The first-order chi connectivity index (χ1) is 7.38. The Balaban J connectivity index is 1.77. The van der Waals surface area contributed by atoms with Crippen molar-refractivity contribution in [1.82, 2.24) is 9.80 Å². The molecule has 0 aromatic carbocycles. The van der Waals surface area contributed by atoms with Gasteiger partial charge in [-0.1, -0.05) is 6.07 Å². The summed E-state index contributed by atoms with van der Waals surface area (Å²) < 4.78 is 0. The quantitative estimate of drug-likeness (QED) is 0.723. The van der Waals surface area contributed by atoms with Gasteiger partial charge in [0.15, 0.2) is 0 Å². The molecule has 1 saturated heterocycles. The van der Waals surface area contributed by atoms with Gasteiger partial charge in [-0.05, 0) is 11.4 Å². The van der Waals surface area contributed by atoms with Gasteiger partial charge in [0.1, 0.15) is 0 Å². The average molecular weight is 221 g/mol. The van der Waals surface area contributed by atoms with E-state index in [1.54, 1.807) is 0 Å². The summed E-state index contributed by atoms with van der Waals surface area (Å²) in [5, 5.41) is 10.7. The van der Waals surface area contributed by atoms with Gasteiger partial charge in [0.05, 0.1) is 12.6 Å². The molecule has 0 N–H and O–H groups in total. The smallest absolute Gasteiger partial charge is 0.0866 e. The Hall–Kier alpha value is -0.890. The van der Waals surface area contributed by atoms with E-state index in [1.807, 2.05) is 11.3 Å². The van der Waals surface area contributed by atoms with Gasteiger partial charge in [-0.25, -0.2) is 0 Å². The van der Waals surface area contributed by atoms with Crippen molar-refractivity contribution in [2.75, 3.05) is 32.7 Å². The summed E-state index contributed by atoms with van der Waals surface area (Å²) in [7, 11) is 0. The standard InChI is InChI=1S/C11H15N3S/c12-3-4-13-5-7-14(8-6-13)10-11-2-1-9-15-11/h1-2,9H,4-8,10H2. The lowest BCUT2D eigenvalue weighted by Gasteiger charge is -2.32. The van der Waals surface area contributed by atoms with Gasteiger partial charge >= 0.3 is 0 Å². The first kappa shape index (κ1) is 10.6. The summed E-state index contributed by atoms with van der Waals surface area (Å²) in [6, 6.07) is 6.50. The van der Waals surface area contributed by atoms with Crippen LogP contribution >= 0.6 is 11.3 Å². The molecule has 1 aromatic rings. The highest BCUT2D eigenvalue weighted by Gasteiger charge is 2.16. The molecule has 1 aliphatic rings. The van der Waals surface area contributed by atoms with Crippen molar-refractivity contribution in [1.29, 1.82) is 5.26 Å². The zero-order chi connectivity index (χ0) is 10.5. The van der Waals surface area contributed by atoms with Crippen LogP contribution in [0.2, 0.25) is 0 Å². The number of hydrogen-bond donors (Lipinski definition) is 0. The molecule has 1 aromatic heterocycles. The van der Waals surface area contributed by atoms with E-state index in [4.69, 9.17) is 5.26 Å². The first-order valence-corrected chi connectivity index (χ1v) is 6.10. The maximum absolute atomic E-state index is 8.59. The van der Waals surface area contributed by atoms with E-state index >= 15 is 0 Å². The molecule has 0 aliphatic carbocycles. The predicted octanol–water partition coefficient (Wildman–Crippen LogP) is 1.39. The van der Waals surface area contributed by atoms with Gasteiger partial charge in [0, 0.05) is 37.6 Å². The maximum Gasteiger partial charge on any atom is 0.0866 e. The fraction of sp³-hybridized carbons (Fsp3) is 0.545. The second kappa shape index (κ2) is 5.26. The van der Waals surface area contributed by atoms with Crippen molar-refractivity contribution in [2.45, 2.75) is 6.54 Å². The third-order valence-electron chi connectivity index (χ3n) is 2.72. The lowest BCUT2D eigenvalue weighted by molar-refractivity contribution is 0.139. The number of piperazine rings is 1. The van der Waals surface area contributed by atoms with Crippen molar-refractivity contribution in [3.8, 4) is 6.07 Å². The molecule has 0 bridgehead atoms. The normalized spacial score (nSPS) is 18.9. The second-order valence-electron chi connectivity index (χ2n) is 3.79. The van der Waals surface area contributed by atoms with Crippen molar-refractivity contribution in [3.63, 3.8) is 0 Å². The molecule has 2 rings (SSSR count). The van der Waals surface area contributed by atoms with Crippen LogP contribution in [-0.2, 0) is 6.54 Å². The molecule has 0 unspecified atom stereocenters. The Morgan fingerprint density at radius 2 is 2.00 bits per heavy atom. The number of rotatable bonds is 3. The molecule has 0 radical (unpaired) electrons. The average Bonchev–Trinajstić information content (AvgIpc) is 2.74. The second-order valence-corrected chi connectivity index (χ2v) is 4.82. The Morgan fingerprint density at radius 1 is 1.27 bits per heavy atom. The molecule has 0 amide bonds. The largest absolute Gasteiger partial charge is 0.296 e. The molecule has 1 aliphatic heterocycles. The molecule has 80 valence electrons. The van der Waals surface area contributed by atoms with E-state index in [9.17, 15) is 0 Å². The molecule has 4 heteroatoms. The van der Waals surface area contributed by atoms with E-state index in [0.717, 1.165) is 32.7 Å². The van der Waals surface area contributed by atoms with Crippen LogP contribution in [0.5, 0.6) is 0 Å². The van der Waals surface area contributed by atoms with Crippen molar-refractivity contribution in [3.05, 3.63) is 22.4 Å². The molecule has 2 heterocycles. The van der Waals surface area contributed by atoms with E-state index in [1.165, 1.54) is 4.88 Å². The first-order valence-electron chi connectivity index (χ1n) is 5.22. The lowest BCUT2D eigenvalue weighted by atomic mass is 10.3. The van der Waals surface area contributed by atoms with Gasteiger partial charge < -0.3 is 0 Å². The Kier molecular flexibility index (Phi) is 3.73. The molecule has 15 heavy (non-hydrogen) atoms. The van der Waals surface area contributed by atoms with Gasteiger partial charge in [-0.3, -0.25) is 9.80 Å². The van der Waals surface area contributed by atoms with Gasteiger partial charge in [-0.2, -0.15) is 5.26 Å². The van der Waals surface area contributed by atoms with Crippen LogP contribution in [0.4, 0.5) is 0 Å². The molecule has 1 fully saturated rings. The van der Waals surface area contributed by atoms with Crippen molar-refractivity contribution in [2.24, 2.45) is 0 Å². The van der Waals surface area contributed by atoms with Crippen LogP contribution in [0.3, 0.4) is 0 Å². The van der Waals surface area contributed by atoms with Crippen LogP contribution in [-0.4, -0.2) is 42.5 Å². The molecular formula is C11H15N3S. The molecular weight excluding hydrogens is 206 g/mol. The van der Waals surface area contributed by atoms with Crippen molar-refractivity contribution >= 4 is 11.3 Å². The fourth-order valence-corrected chi connectivity index (χ4v) is 2.57. The number of hydrogen-bond acceptors (Lipinski definition) is 4. The summed E-state index contributed by atoms with van der Waals surface area (Å²) in [5.74, 6) is 0. The van der Waals surface area contributed by atoms with Crippen LogP contribution in [0.25, 0.3) is 0 Å². The maximum atomic E-state index is 8.59. The van der Waals surface area contributed by atoms with Crippen LogP contribution < -0.4 is 0 Å². The van der Waals surface area contributed by atoms with Crippen LogP contribution in [0.1, 0.15) is 4.88 Å².